The highest BCUT2D eigenvalue weighted by atomic mass is 16.7. The molecule has 2 unspecified atom stereocenters. The quantitative estimate of drug-likeness (QED) is 0.101. The summed E-state index contributed by atoms with van der Waals surface area (Å²) in [5.74, 6) is 1.61. The van der Waals surface area contributed by atoms with Gasteiger partial charge in [-0.15, -0.1) is 0 Å². The smallest absolute Gasteiger partial charge is 0.407 e. The van der Waals surface area contributed by atoms with E-state index in [1.807, 2.05) is 105 Å². The maximum atomic E-state index is 14.4. The standard InChI is InChI=1S/C52H54N10O9/c1-30(2)43(57-50(65)68-3)48(63)62-28-60(52(67)59-25-36-20-21-42-45(37(36)26-59)71-29-70-42)27-41(62)47-54-24-39(56-47)34-18-14-32(15-19-34)31-12-16-33(17-13-31)38-23-53-46(55-38)40-11-8-22-61(40)49(64)44(58-51(66)69-4)35-9-6-5-7-10-35/h5-7,9-10,12-21,23-24,30,40-41,43-44H,8,11,22,25-29H2,1-4H3,(H,53,55)(H,54,56)(H,57,65)(H,58,66)/t40-,41?,43-,44?/m0/s1. The van der Waals surface area contributed by atoms with Crippen LogP contribution in [0.15, 0.2) is 103 Å². The summed E-state index contributed by atoms with van der Waals surface area (Å²) in [4.78, 5) is 90.3. The molecule has 6 aromatic rings. The van der Waals surface area contributed by atoms with Gasteiger partial charge in [-0.3, -0.25) is 9.59 Å². The molecule has 71 heavy (non-hydrogen) atoms. The van der Waals surface area contributed by atoms with E-state index < -0.39 is 30.3 Å². The monoisotopic (exact) mass is 962 g/mol. The number of carbonyl (C=O) groups is 5. The summed E-state index contributed by atoms with van der Waals surface area (Å²) in [5, 5.41) is 5.40. The summed E-state index contributed by atoms with van der Waals surface area (Å²) in [5.41, 5.74) is 7.89. The molecule has 0 bridgehead atoms. The number of carbonyl (C=O) groups excluding carboxylic acids is 5. The fourth-order valence-corrected chi connectivity index (χ4v) is 9.88. The molecule has 19 nitrogen and oxygen atoms in total. The Hall–Kier alpha value is -8.35. The van der Waals surface area contributed by atoms with Crippen molar-refractivity contribution in [3.8, 4) is 45.1 Å². The van der Waals surface area contributed by atoms with E-state index in [-0.39, 0.29) is 49.8 Å². The van der Waals surface area contributed by atoms with Gasteiger partial charge >= 0.3 is 18.2 Å². The van der Waals surface area contributed by atoms with Gasteiger partial charge in [-0.2, -0.15) is 0 Å². The number of hydrogen-bond donors (Lipinski definition) is 4. The lowest BCUT2D eigenvalue weighted by Gasteiger charge is -2.29. The van der Waals surface area contributed by atoms with E-state index in [2.05, 4.69) is 20.6 Å². The number of nitrogens with one attached hydrogen (secondary N) is 4. The number of aromatic nitrogens is 4. The lowest BCUT2D eigenvalue weighted by atomic mass is 10.0. The third-order valence-corrected chi connectivity index (χ3v) is 13.7. The Morgan fingerprint density at radius 3 is 1.94 bits per heavy atom. The highest BCUT2D eigenvalue weighted by molar-refractivity contribution is 5.88. The zero-order valence-corrected chi connectivity index (χ0v) is 39.7. The minimum absolute atomic E-state index is 0.0165. The highest BCUT2D eigenvalue weighted by Gasteiger charge is 2.44. The molecule has 366 valence electrons. The van der Waals surface area contributed by atoms with E-state index in [4.69, 9.17) is 28.9 Å². The first kappa shape index (κ1) is 46.4. The van der Waals surface area contributed by atoms with Gasteiger partial charge in [0.1, 0.15) is 29.8 Å². The van der Waals surface area contributed by atoms with E-state index in [0.29, 0.717) is 48.3 Å². The molecule has 4 atom stereocenters. The summed E-state index contributed by atoms with van der Waals surface area (Å²) >= 11 is 0. The molecule has 6 amide bonds. The number of benzene rings is 4. The summed E-state index contributed by atoms with van der Waals surface area (Å²) in [6.07, 6.45) is 3.61. The molecule has 4 aliphatic heterocycles. The van der Waals surface area contributed by atoms with Gasteiger partial charge < -0.3 is 59.1 Å². The van der Waals surface area contributed by atoms with Crippen LogP contribution in [0.2, 0.25) is 0 Å². The Bertz CT molecular complexity index is 2960. The molecule has 19 heteroatoms. The Balaban J connectivity index is 0.827. The molecule has 4 aromatic carbocycles. The largest absolute Gasteiger partial charge is 0.454 e. The topological polar surface area (TPSA) is 217 Å². The van der Waals surface area contributed by atoms with Crippen molar-refractivity contribution in [3.05, 3.63) is 132 Å². The predicted octanol–water partition coefficient (Wildman–Crippen LogP) is 7.28. The van der Waals surface area contributed by atoms with Crippen LogP contribution in [0.5, 0.6) is 11.5 Å². The molecule has 10 rings (SSSR count). The average Bonchev–Trinajstić information content (AvgIpc) is 4.26. The molecule has 4 N–H and O–H groups in total. The summed E-state index contributed by atoms with van der Waals surface area (Å²) in [6, 6.07) is 26.1. The van der Waals surface area contributed by atoms with Gasteiger partial charge in [-0.05, 0) is 58.2 Å². The number of rotatable bonds is 11. The molecular formula is C52H54N10O9. The van der Waals surface area contributed by atoms with Crippen LogP contribution in [0.4, 0.5) is 14.4 Å². The fourth-order valence-electron chi connectivity index (χ4n) is 9.88. The van der Waals surface area contributed by atoms with Crippen LogP contribution >= 0.6 is 0 Å². The minimum Gasteiger partial charge on any atom is -0.454 e. The van der Waals surface area contributed by atoms with Gasteiger partial charge in [-0.1, -0.05) is 98.8 Å². The number of nitrogens with zero attached hydrogens (tertiary/aromatic N) is 6. The van der Waals surface area contributed by atoms with Crippen molar-refractivity contribution < 1.29 is 42.9 Å². The van der Waals surface area contributed by atoms with Crippen molar-refractivity contribution in [1.29, 1.82) is 0 Å². The molecule has 0 spiro atoms. The molecular weight excluding hydrogens is 909 g/mol. The third-order valence-electron chi connectivity index (χ3n) is 13.7. The number of hydrogen-bond acceptors (Lipinski definition) is 11. The number of H-pyrrole nitrogens is 2. The van der Waals surface area contributed by atoms with Gasteiger partial charge in [0.05, 0.1) is 63.8 Å². The van der Waals surface area contributed by atoms with Crippen LogP contribution in [0.3, 0.4) is 0 Å². The van der Waals surface area contributed by atoms with Gasteiger partial charge in [0.15, 0.2) is 11.5 Å². The number of aromatic amines is 2. The molecule has 0 radical (unpaired) electrons. The van der Waals surface area contributed by atoms with Gasteiger partial charge in [0.25, 0.3) is 5.91 Å². The van der Waals surface area contributed by atoms with Crippen molar-refractivity contribution in [2.24, 2.45) is 5.92 Å². The maximum Gasteiger partial charge on any atom is 0.407 e. The second-order valence-electron chi connectivity index (χ2n) is 18.3. The number of urea groups is 1. The normalized spacial score (nSPS) is 17.8. The number of alkyl carbamates (subject to hydrolysis) is 2. The zero-order valence-electron chi connectivity index (χ0n) is 39.7. The Kier molecular flexibility index (Phi) is 12.8. The van der Waals surface area contributed by atoms with Crippen molar-refractivity contribution in [2.45, 2.75) is 63.9 Å². The summed E-state index contributed by atoms with van der Waals surface area (Å²) < 4.78 is 21.0. The maximum absolute atomic E-state index is 14.4. The Morgan fingerprint density at radius 1 is 0.690 bits per heavy atom. The fraction of sp³-hybridized carbons (Fsp3) is 0.327. The molecule has 6 heterocycles. The lowest BCUT2D eigenvalue weighted by molar-refractivity contribution is -0.136. The number of likely N-dealkylation sites (tertiary alicyclic amines) is 1. The van der Waals surface area contributed by atoms with E-state index >= 15 is 0 Å². The SMILES string of the molecule is COC(=O)NC(C(=O)N1CCC[C@H]1c1ncc(-c2ccc(-c3ccc(-c4cnc(C5CN(C(=O)N6Cc7ccc8c(c7C6)OCO8)CN5C(=O)[C@@H](NC(=O)OC)C(C)C)[nH]4)cc3)cc2)[nH]1)c1ccccc1. The lowest BCUT2D eigenvalue weighted by Crippen LogP contribution is -2.52. The first-order valence-electron chi connectivity index (χ1n) is 23.6. The first-order valence-corrected chi connectivity index (χ1v) is 23.6. The average molecular weight is 963 g/mol. The second kappa shape index (κ2) is 19.6. The number of imidazole rings is 2. The van der Waals surface area contributed by atoms with Crippen LogP contribution < -0.4 is 20.1 Å². The predicted molar refractivity (Wildman–Crippen MR) is 258 cm³/mol. The zero-order chi connectivity index (χ0) is 49.3. The van der Waals surface area contributed by atoms with Gasteiger partial charge in [0.2, 0.25) is 12.7 Å². The van der Waals surface area contributed by atoms with E-state index in [1.165, 1.54) is 14.2 Å². The third kappa shape index (κ3) is 9.17. The van der Waals surface area contributed by atoms with E-state index in [0.717, 1.165) is 57.6 Å². The molecule has 2 saturated heterocycles. The van der Waals surface area contributed by atoms with Crippen molar-refractivity contribution in [1.82, 2.24) is 50.2 Å². The molecule has 4 aliphatic rings. The number of fused-ring (bicyclic) bond motifs is 3. The Morgan fingerprint density at radius 2 is 1.31 bits per heavy atom. The summed E-state index contributed by atoms with van der Waals surface area (Å²) in [7, 11) is 2.52. The molecule has 0 saturated carbocycles. The van der Waals surface area contributed by atoms with E-state index in [1.54, 1.807) is 32.0 Å². The molecule has 2 fully saturated rings. The van der Waals surface area contributed by atoms with Crippen LogP contribution in [0.1, 0.15) is 73.2 Å². The van der Waals surface area contributed by atoms with Gasteiger partial charge in [-0.25, -0.2) is 24.4 Å². The Labute approximate surface area is 409 Å². The molecule has 0 aliphatic carbocycles. The van der Waals surface area contributed by atoms with Crippen LogP contribution in [-0.4, -0.2) is 116 Å². The minimum atomic E-state index is -0.915. The van der Waals surface area contributed by atoms with Crippen LogP contribution in [0.25, 0.3) is 33.6 Å². The van der Waals surface area contributed by atoms with Crippen molar-refractivity contribution in [3.63, 3.8) is 0 Å². The van der Waals surface area contributed by atoms with Crippen molar-refractivity contribution >= 4 is 30.0 Å². The van der Waals surface area contributed by atoms with Crippen molar-refractivity contribution in [2.75, 3.05) is 40.8 Å². The first-order chi connectivity index (χ1) is 34.5. The van der Waals surface area contributed by atoms with E-state index in [9.17, 15) is 24.0 Å². The number of amides is 6. The van der Waals surface area contributed by atoms with Gasteiger partial charge in [0, 0.05) is 18.7 Å². The van der Waals surface area contributed by atoms with Crippen LogP contribution in [-0.2, 0) is 32.2 Å². The molecule has 2 aromatic heterocycles. The highest BCUT2D eigenvalue weighted by Crippen LogP contribution is 2.42. The van der Waals surface area contributed by atoms with Crippen LogP contribution in [0, 0.1) is 5.92 Å². The second-order valence-corrected chi connectivity index (χ2v) is 18.3. The summed E-state index contributed by atoms with van der Waals surface area (Å²) in [6.45, 7) is 5.21. The number of methoxy groups -OCH3 is 2. The number of ether oxygens (including phenoxy) is 4.